The number of piperidine rings is 1. The van der Waals surface area contributed by atoms with E-state index < -0.39 is 0 Å². The van der Waals surface area contributed by atoms with Crippen LogP contribution in [0.2, 0.25) is 0 Å². The Labute approximate surface area is 137 Å². The van der Waals surface area contributed by atoms with Crippen LogP contribution in [0, 0.1) is 5.92 Å². The number of para-hydroxylation sites is 1. The summed E-state index contributed by atoms with van der Waals surface area (Å²) < 4.78 is 1.85. The first-order chi connectivity index (χ1) is 11.4. The number of aromatic nitrogens is 4. The normalized spacial score (nSPS) is 20.3. The van der Waals surface area contributed by atoms with Crippen LogP contribution in [0.25, 0.3) is 5.69 Å². The zero-order chi connectivity index (χ0) is 15.5. The van der Waals surface area contributed by atoms with E-state index in [1.165, 1.54) is 45.3 Å². The van der Waals surface area contributed by atoms with Crippen LogP contribution in [0.4, 0.5) is 5.95 Å². The molecule has 0 atom stereocenters. The van der Waals surface area contributed by atoms with Crippen LogP contribution in [0.5, 0.6) is 0 Å². The summed E-state index contributed by atoms with van der Waals surface area (Å²) in [6.07, 6.45) is 5.23. The van der Waals surface area contributed by atoms with E-state index in [0.29, 0.717) is 0 Å². The van der Waals surface area contributed by atoms with Crippen molar-refractivity contribution in [1.82, 2.24) is 25.1 Å². The minimum absolute atomic E-state index is 0.824. The van der Waals surface area contributed by atoms with Gasteiger partial charge in [0.15, 0.2) is 0 Å². The molecule has 2 aliphatic heterocycles. The van der Waals surface area contributed by atoms with Gasteiger partial charge in [-0.15, -0.1) is 0 Å². The van der Waals surface area contributed by atoms with Crippen molar-refractivity contribution in [1.29, 1.82) is 0 Å². The summed E-state index contributed by atoms with van der Waals surface area (Å²) >= 11 is 0. The number of anilines is 1. The van der Waals surface area contributed by atoms with Crippen LogP contribution in [0.3, 0.4) is 0 Å². The van der Waals surface area contributed by atoms with Gasteiger partial charge in [0, 0.05) is 19.6 Å². The third-order valence-electron chi connectivity index (χ3n) is 5.07. The third kappa shape index (κ3) is 3.22. The molecule has 0 N–H and O–H groups in total. The van der Waals surface area contributed by atoms with Gasteiger partial charge in [-0.25, -0.2) is 0 Å². The van der Waals surface area contributed by atoms with Gasteiger partial charge in [-0.3, -0.25) is 0 Å². The zero-order valence-electron chi connectivity index (χ0n) is 13.5. The van der Waals surface area contributed by atoms with Crippen molar-refractivity contribution in [2.24, 2.45) is 5.92 Å². The molecular weight excluding hydrogens is 288 g/mol. The van der Waals surface area contributed by atoms with Crippen molar-refractivity contribution in [3.8, 4) is 5.69 Å². The molecule has 0 unspecified atom stereocenters. The summed E-state index contributed by atoms with van der Waals surface area (Å²) in [7, 11) is 0. The average molecular weight is 312 g/mol. The Morgan fingerprint density at radius 1 is 0.957 bits per heavy atom. The van der Waals surface area contributed by atoms with Gasteiger partial charge in [0.25, 0.3) is 0 Å². The second-order valence-electron chi connectivity index (χ2n) is 6.66. The predicted octanol–water partition coefficient (Wildman–Crippen LogP) is 1.97. The van der Waals surface area contributed by atoms with Gasteiger partial charge >= 0.3 is 0 Å². The number of hydrogen-bond acceptors (Lipinski definition) is 5. The van der Waals surface area contributed by atoms with Gasteiger partial charge in [0.05, 0.1) is 5.69 Å². The Bertz CT molecular complexity index is 611. The van der Waals surface area contributed by atoms with Crippen LogP contribution in [-0.2, 0) is 0 Å². The Hall–Kier alpha value is -1.95. The van der Waals surface area contributed by atoms with Crippen LogP contribution >= 0.6 is 0 Å². The number of tetrazole rings is 1. The molecule has 4 rings (SSSR count). The topological polar surface area (TPSA) is 50.1 Å². The van der Waals surface area contributed by atoms with Crippen molar-refractivity contribution in [3.63, 3.8) is 0 Å². The van der Waals surface area contributed by atoms with E-state index in [0.717, 1.165) is 30.6 Å². The van der Waals surface area contributed by atoms with Crippen LogP contribution < -0.4 is 4.90 Å². The van der Waals surface area contributed by atoms with Crippen LogP contribution in [0.1, 0.15) is 25.7 Å². The lowest BCUT2D eigenvalue weighted by Crippen LogP contribution is -2.39. The van der Waals surface area contributed by atoms with Crippen molar-refractivity contribution in [2.45, 2.75) is 25.7 Å². The molecule has 1 aromatic carbocycles. The van der Waals surface area contributed by atoms with Crippen molar-refractivity contribution in [3.05, 3.63) is 30.3 Å². The van der Waals surface area contributed by atoms with E-state index in [9.17, 15) is 0 Å². The van der Waals surface area contributed by atoms with Crippen LogP contribution in [0.15, 0.2) is 30.3 Å². The summed E-state index contributed by atoms with van der Waals surface area (Å²) in [5, 5.41) is 12.3. The van der Waals surface area contributed by atoms with Gasteiger partial charge in [-0.05, 0) is 67.3 Å². The molecule has 122 valence electrons. The number of benzene rings is 1. The first-order valence-corrected chi connectivity index (χ1v) is 8.71. The van der Waals surface area contributed by atoms with E-state index in [1.54, 1.807) is 0 Å². The predicted molar refractivity (Wildman–Crippen MR) is 89.8 cm³/mol. The maximum atomic E-state index is 4.26. The fourth-order valence-corrected chi connectivity index (χ4v) is 3.76. The number of nitrogens with zero attached hydrogens (tertiary/aromatic N) is 6. The Balaban J connectivity index is 1.40. The molecule has 0 saturated carbocycles. The highest BCUT2D eigenvalue weighted by Gasteiger charge is 2.25. The maximum Gasteiger partial charge on any atom is 0.250 e. The highest BCUT2D eigenvalue weighted by atomic mass is 15.6. The Kier molecular flexibility index (Phi) is 4.24. The monoisotopic (exact) mass is 312 g/mol. The smallest absolute Gasteiger partial charge is 0.250 e. The second-order valence-corrected chi connectivity index (χ2v) is 6.66. The molecule has 0 radical (unpaired) electrons. The number of hydrogen-bond donors (Lipinski definition) is 0. The molecule has 2 aromatic rings. The molecule has 0 bridgehead atoms. The minimum atomic E-state index is 0.824. The number of rotatable bonds is 4. The molecule has 0 aliphatic carbocycles. The molecule has 0 amide bonds. The van der Waals surface area contributed by atoms with Gasteiger partial charge < -0.3 is 9.80 Å². The van der Waals surface area contributed by atoms with Gasteiger partial charge in [-0.1, -0.05) is 23.3 Å². The van der Waals surface area contributed by atoms with E-state index in [-0.39, 0.29) is 0 Å². The SMILES string of the molecule is c1ccc(-n2nnnc2N2CCC(CN3CCCC3)CC2)cc1. The molecule has 2 aliphatic rings. The molecule has 2 saturated heterocycles. The quantitative estimate of drug-likeness (QED) is 0.864. The maximum absolute atomic E-state index is 4.26. The van der Waals surface area contributed by atoms with Gasteiger partial charge in [0.2, 0.25) is 5.95 Å². The number of likely N-dealkylation sites (tertiary alicyclic amines) is 1. The Morgan fingerprint density at radius 2 is 1.70 bits per heavy atom. The molecule has 3 heterocycles. The molecule has 6 nitrogen and oxygen atoms in total. The highest BCUT2D eigenvalue weighted by Crippen LogP contribution is 2.24. The first-order valence-electron chi connectivity index (χ1n) is 8.71. The van der Waals surface area contributed by atoms with E-state index in [2.05, 4.69) is 25.3 Å². The lowest BCUT2D eigenvalue weighted by Gasteiger charge is -2.33. The lowest BCUT2D eigenvalue weighted by atomic mass is 9.96. The summed E-state index contributed by atoms with van der Waals surface area (Å²) in [6, 6.07) is 10.1. The standard InChI is InChI=1S/C17H24N6/c1-2-6-16(7-3-1)23-17(18-19-20-23)22-12-8-15(9-13-22)14-21-10-4-5-11-21/h1-3,6-7,15H,4-5,8-14H2. The van der Waals surface area contributed by atoms with Gasteiger partial charge in [-0.2, -0.15) is 4.68 Å². The zero-order valence-corrected chi connectivity index (χ0v) is 13.5. The first kappa shape index (κ1) is 14.6. The summed E-state index contributed by atoms with van der Waals surface area (Å²) in [4.78, 5) is 4.96. The summed E-state index contributed by atoms with van der Waals surface area (Å²) in [5.41, 5.74) is 1.02. The van der Waals surface area contributed by atoms with Crippen molar-refractivity contribution < 1.29 is 0 Å². The molecular formula is C17H24N6. The van der Waals surface area contributed by atoms with E-state index in [1.807, 2.05) is 35.0 Å². The van der Waals surface area contributed by atoms with Gasteiger partial charge in [0.1, 0.15) is 0 Å². The van der Waals surface area contributed by atoms with E-state index in [4.69, 9.17) is 0 Å². The fraction of sp³-hybridized carbons (Fsp3) is 0.588. The molecule has 2 fully saturated rings. The van der Waals surface area contributed by atoms with Crippen molar-refractivity contribution in [2.75, 3.05) is 37.6 Å². The molecule has 0 spiro atoms. The van der Waals surface area contributed by atoms with Crippen LogP contribution in [-0.4, -0.2) is 57.8 Å². The summed E-state index contributed by atoms with van der Waals surface area (Å²) in [5.74, 6) is 1.70. The highest BCUT2D eigenvalue weighted by molar-refractivity contribution is 5.40. The minimum Gasteiger partial charge on any atom is -0.339 e. The largest absolute Gasteiger partial charge is 0.339 e. The lowest BCUT2D eigenvalue weighted by molar-refractivity contribution is 0.248. The molecule has 23 heavy (non-hydrogen) atoms. The fourth-order valence-electron chi connectivity index (χ4n) is 3.76. The third-order valence-corrected chi connectivity index (χ3v) is 5.07. The Morgan fingerprint density at radius 3 is 2.43 bits per heavy atom. The molecule has 6 heteroatoms. The molecule has 1 aromatic heterocycles. The summed E-state index contributed by atoms with van der Waals surface area (Å²) in [6.45, 7) is 5.97. The second kappa shape index (κ2) is 6.66. The van der Waals surface area contributed by atoms with Crippen molar-refractivity contribution >= 4 is 5.95 Å². The average Bonchev–Trinajstić information content (AvgIpc) is 3.28. The van der Waals surface area contributed by atoms with E-state index >= 15 is 0 Å².